The van der Waals surface area contributed by atoms with Crippen molar-refractivity contribution in [3.05, 3.63) is 47.5 Å². The Balaban J connectivity index is 2.32. The van der Waals surface area contributed by atoms with Gasteiger partial charge in [0.1, 0.15) is 23.0 Å². The van der Waals surface area contributed by atoms with Crippen LogP contribution in [0.3, 0.4) is 0 Å². The summed E-state index contributed by atoms with van der Waals surface area (Å²) in [6, 6.07) is 10.0. The highest BCUT2D eigenvalue weighted by Crippen LogP contribution is 2.32. The zero-order valence-corrected chi connectivity index (χ0v) is 9.77. The molecule has 0 saturated carbocycles. The fourth-order valence-electron chi connectivity index (χ4n) is 1.55. The maximum Gasteiger partial charge on any atom is 0.134 e. The number of benzene rings is 2. The predicted octanol–water partition coefficient (Wildman–Crippen LogP) is 3.51. The molecule has 0 atom stereocenters. The molecule has 0 aliphatic carbocycles. The van der Waals surface area contributed by atoms with Gasteiger partial charge >= 0.3 is 0 Å². The van der Waals surface area contributed by atoms with Gasteiger partial charge in [-0.05, 0) is 55.8 Å². The molecule has 2 N–H and O–H groups in total. The number of hydrogen-bond acceptors (Lipinski definition) is 3. The van der Waals surface area contributed by atoms with Gasteiger partial charge in [0, 0.05) is 5.56 Å². The van der Waals surface area contributed by atoms with Crippen molar-refractivity contribution in [1.29, 1.82) is 0 Å². The highest BCUT2D eigenvalue weighted by atomic mass is 16.5. The SMILES string of the molecule is Cc1cc(O)c(C)c(Oc2ccc(O)cc2)c1. The lowest BCUT2D eigenvalue weighted by atomic mass is 10.1. The molecule has 0 heterocycles. The number of ether oxygens (including phenoxy) is 1. The lowest BCUT2D eigenvalue weighted by molar-refractivity contribution is 0.444. The lowest BCUT2D eigenvalue weighted by Crippen LogP contribution is -1.89. The fourth-order valence-corrected chi connectivity index (χ4v) is 1.55. The highest BCUT2D eigenvalue weighted by Gasteiger charge is 2.07. The van der Waals surface area contributed by atoms with Gasteiger partial charge in [0.25, 0.3) is 0 Å². The molecule has 2 aromatic carbocycles. The summed E-state index contributed by atoms with van der Waals surface area (Å²) in [5, 5.41) is 18.9. The van der Waals surface area contributed by atoms with E-state index in [2.05, 4.69) is 0 Å². The van der Waals surface area contributed by atoms with Crippen LogP contribution in [-0.4, -0.2) is 10.2 Å². The van der Waals surface area contributed by atoms with Crippen molar-refractivity contribution in [2.24, 2.45) is 0 Å². The molecule has 3 nitrogen and oxygen atoms in total. The van der Waals surface area contributed by atoms with Crippen molar-refractivity contribution < 1.29 is 14.9 Å². The van der Waals surface area contributed by atoms with Crippen LogP contribution in [0.1, 0.15) is 11.1 Å². The van der Waals surface area contributed by atoms with E-state index in [0.717, 1.165) is 5.56 Å². The summed E-state index contributed by atoms with van der Waals surface area (Å²) in [6.07, 6.45) is 0. The zero-order valence-electron chi connectivity index (χ0n) is 9.77. The number of hydrogen-bond donors (Lipinski definition) is 2. The number of phenolic OH excluding ortho intramolecular Hbond substituents is 2. The summed E-state index contributed by atoms with van der Waals surface area (Å²) < 4.78 is 5.65. The predicted molar refractivity (Wildman–Crippen MR) is 65.8 cm³/mol. The summed E-state index contributed by atoms with van der Waals surface area (Å²) in [4.78, 5) is 0. The first-order valence-electron chi connectivity index (χ1n) is 5.33. The molecule has 0 aromatic heterocycles. The average Bonchev–Trinajstić information content (AvgIpc) is 2.28. The Hall–Kier alpha value is -2.16. The van der Waals surface area contributed by atoms with Gasteiger partial charge in [-0.25, -0.2) is 0 Å². The normalized spacial score (nSPS) is 10.2. The van der Waals surface area contributed by atoms with Gasteiger partial charge in [-0.1, -0.05) is 0 Å². The van der Waals surface area contributed by atoms with Crippen LogP contribution < -0.4 is 4.74 Å². The van der Waals surface area contributed by atoms with E-state index in [4.69, 9.17) is 4.74 Å². The first-order chi connectivity index (χ1) is 8.06. The Morgan fingerprint density at radius 3 is 2.24 bits per heavy atom. The minimum Gasteiger partial charge on any atom is -0.508 e. The van der Waals surface area contributed by atoms with Gasteiger partial charge in [0.2, 0.25) is 0 Å². The molecule has 3 heteroatoms. The molecule has 0 saturated heterocycles. The summed E-state index contributed by atoms with van der Waals surface area (Å²) in [5.41, 5.74) is 1.63. The molecule has 0 unspecified atom stereocenters. The smallest absolute Gasteiger partial charge is 0.134 e. The first-order valence-corrected chi connectivity index (χ1v) is 5.33. The minimum atomic E-state index is 0.196. The molecular formula is C14H14O3. The van der Waals surface area contributed by atoms with Crippen LogP contribution >= 0.6 is 0 Å². The van der Waals surface area contributed by atoms with Crippen molar-refractivity contribution in [1.82, 2.24) is 0 Å². The van der Waals surface area contributed by atoms with E-state index >= 15 is 0 Å². The Morgan fingerprint density at radius 1 is 0.941 bits per heavy atom. The summed E-state index contributed by atoms with van der Waals surface area (Å²) >= 11 is 0. The van der Waals surface area contributed by atoms with Crippen molar-refractivity contribution in [2.45, 2.75) is 13.8 Å². The third kappa shape index (κ3) is 2.50. The van der Waals surface area contributed by atoms with E-state index in [9.17, 15) is 10.2 Å². The Bertz CT molecular complexity index is 530. The molecule has 0 spiro atoms. The second-order valence-electron chi connectivity index (χ2n) is 4.00. The molecule has 0 amide bonds. The number of aromatic hydroxyl groups is 2. The monoisotopic (exact) mass is 230 g/mol. The van der Waals surface area contributed by atoms with Crippen molar-refractivity contribution in [3.63, 3.8) is 0 Å². The largest absolute Gasteiger partial charge is 0.508 e. The molecule has 88 valence electrons. The first kappa shape index (κ1) is 11.3. The van der Waals surface area contributed by atoms with E-state index in [1.807, 2.05) is 13.0 Å². The van der Waals surface area contributed by atoms with Crippen molar-refractivity contribution in [2.75, 3.05) is 0 Å². The molecular weight excluding hydrogens is 216 g/mol. The standard InChI is InChI=1S/C14H14O3/c1-9-7-13(16)10(2)14(8-9)17-12-5-3-11(15)4-6-12/h3-8,15-16H,1-2H3. The Morgan fingerprint density at radius 2 is 1.59 bits per heavy atom. The third-order valence-corrected chi connectivity index (χ3v) is 2.54. The topological polar surface area (TPSA) is 49.7 Å². The van der Waals surface area contributed by atoms with Gasteiger partial charge in [-0.2, -0.15) is 0 Å². The number of phenols is 2. The van der Waals surface area contributed by atoms with E-state index in [1.54, 1.807) is 37.3 Å². The number of aryl methyl sites for hydroxylation is 1. The van der Waals surface area contributed by atoms with Crippen LogP contribution in [0.15, 0.2) is 36.4 Å². The van der Waals surface area contributed by atoms with E-state index in [1.165, 1.54) is 0 Å². The molecule has 2 rings (SSSR count). The molecule has 0 fully saturated rings. The molecule has 0 aliphatic rings. The fraction of sp³-hybridized carbons (Fsp3) is 0.143. The van der Waals surface area contributed by atoms with E-state index in [-0.39, 0.29) is 11.5 Å². The van der Waals surface area contributed by atoms with Gasteiger partial charge < -0.3 is 14.9 Å². The van der Waals surface area contributed by atoms with Crippen LogP contribution in [0, 0.1) is 13.8 Å². The lowest BCUT2D eigenvalue weighted by Gasteiger charge is -2.11. The van der Waals surface area contributed by atoms with E-state index < -0.39 is 0 Å². The van der Waals surface area contributed by atoms with Gasteiger partial charge in [-0.15, -0.1) is 0 Å². The van der Waals surface area contributed by atoms with Crippen LogP contribution in [0.5, 0.6) is 23.0 Å². The average molecular weight is 230 g/mol. The Labute approximate surface area is 99.9 Å². The van der Waals surface area contributed by atoms with Crippen LogP contribution in [-0.2, 0) is 0 Å². The van der Waals surface area contributed by atoms with Gasteiger partial charge in [0.15, 0.2) is 0 Å². The highest BCUT2D eigenvalue weighted by molar-refractivity contribution is 5.48. The molecule has 0 radical (unpaired) electrons. The molecule has 17 heavy (non-hydrogen) atoms. The maximum atomic E-state index is 9.68. The minimum absolute atomic E-state index is 0.196. The zero-order chi connectivity index (χ0) is 12.4. The number of rotatable bonds is 2. The molecule has 0 aliphatic heterocycles. The summed E-state index contributed by atoms with van der Waals surface area (Å²) in [7, 11) is 0. The molecule has 0 bridgehead atoms. The summed E-state index contributed by atoms with van der Waals surface area (Å²) in [6.45, 7) is 3.69. The van der Waals surface area contributed by atoms with Crippen LogP contribution in [0.2, 0.25) is 0 Å². The van der Waals surface area contributed by atoms with Crippen molar-refractivity contribution in [3.8, 4) is 23.0 Å². The molecule has 2 aromatic rings. The second kappa shape index (κ2) is 4.37. The quantitative estimate of drug-likeness (QED) is 0.830. The van der Waals surface area contributed by atoms with Crippen LogP contribution in [0.4, 0.5) is 0 Å². The van der Waals surface area contributed by atoms with Gasteiger partial charge in [0.05, 0.1) is 0 Å². The second-order valence-corrected chi connectivity index (χ2v) is 4.00. The van der Waals surface area contributed by atoms with Gasteiger partial charge in [-0.3, -0.25) is 0 Å². The summed E-state index contributed by atoms with van der Waals surface area (Å²) in [5.74, 6) is 1.66. The Kier molecular flexibility index (Phi) is 2.91. The van der Waals surface area contributed by atoms with Crippen LogP contribution in [0.25, 0.3) is 0 Å². The third-order valence-electron chi connectivity index (χ3n) is 2.54. The maximum absolute atomic E-state index is 9.68. The van der Waals surface area contributed by atoms with Crippen molar-refractivity contribution >= 4 is 0 Å². The van der Waals surface area contributed by atoms with E-state index in [0.29, 0.717) is 17.1 Å².